The number of benzene rings is 1. The molecule has 0 bridgehead atoms. The second-order valence-corrected chi connectivity index (χ2v) is 5.65. The van der Waals surface area contributed by atoms with E-state index in [1.807, 2.05) is 37.3 Å². The molecule has 128 valence electrons. The van der Waals surface area contributed by atoms with Gasteiger partial charge in [0, 0.05) is 19.6 Å². The summed E-state index contributed by atoms with van der Waals surface area (Å²) in [5.74, 6) is -0.0643. The molecule has 1 fully saturated rings. The minimum absolute atomic E-state index is 0. The van der Waals surface area contributed by atoms with Gasteiger partial charge in [-0.1, -0.05) is 30.3 Å². The van der Waals surface area contributed by atoms with Crippen molar-refractivity contribution >= 4 is 24.2 Å². The average molecular weight is 340 g/mol. The number of nitrogens with zero attached hydrogens (tertiary/aromatic N) is 1. The molecule has 1 aliphatic heterocycles. The third-order valence-electron chi connectivity index (χ3n) is 4.03. The van der Waals surface area contributed by atoms with Crippen molar-refractivity contribution in [2.24, 2.45) is 5.92 Å². The summed E-state index contributed by atoms with van der Waals surface area (Å²) in [5.41, 5.74) is 1.10. The predicted molar refractivity (Wildman–Crippen MR) is 93.4 cm³/mol. The second-order valence-electron chi connectivity index (χ2n) is 5.65. The highest BCUT2D eigenvalue weighted by atomic mass is 35.5. The van der Waals surface area contributed by atoms with Crippen molar-refractivity contribution in [2.45, 2.75) is 26.3 Å². The van der Waals surface area contributed by atoms with Gasteiger partial charge in [-0.3, -0.25) is 9.59 Å². The van der Waals surface area contributed by atoms with Crippen LogP contribution in [0, 0.1) is 5.92 Å². The average Bonchev–Trinajstić information content (AvgIpc) is 2.59. The van der Waals surface area contributed by atoms with E-state index in [0.717, 1.165) is 24.9 Å². The van der Waals surface area contributed by atoms with E-state index < -0.39 is 0 Å². The minimum atomic E-state index is -0.0385. The van der Waals surface area contributed by atoms with Crippen LogP contribution in [0.25, 0.3) is 0 Å². The molecule has 6 heteroatoms. The third kappa shape index (κ3) is 6.20. The van der Waals surface area contributed by atoms with Gasteiger partial charge in [0.1, 0.15) is 0 Å². The number of carbonyl (C=O) groups excluding carboxylic acids is 2. The minimum Gasteiger partial charge on any atom is -0.347 e. The maximum Gasteiger partial charge on any atom is 0.242 e. The van der Waals surface area contributed by atoms with E-state index >= 15 is 0 Å². The largest absolute Gasteiger partial charge is 0.347 e. The molecule has 2 N–H and O–H groups in total. The molecular formula is C17H26ClN3O2. The van der Waals surface area contributed by atoms with Crippen LogP contribution in [0.4, 0.5) is 0 Å². The molecule has 0 aromatic heterocycles. The Hall–Kier alpha value is -1.59. The normalized spacial score (nSPS) is 17.0. The quantitative estimate of drug-likeness (QED) is 0.827. The first-order valence-corrected chi connectivity index (χ1v) is 8.01. The van der Waals surface area contributed by atoms with Crippen LogP contribution in [-0.2, 0) is 16.1 Å². The molecule has 1 aromatic carbocycles. The van der Waals surface area contributed by atoms with Gasteiger partial charge in [-0.15, -0.1) is 12.4 Å². The van der Waals surface area contributed by atoms with Gasteiger partial charge in [0.15, 0.2) is 0 Å². The van der Waals surface area contributed by atoms with Crippen molar-refractivity contribution in [1.29, 1.82) is 0 Å². The number of likely N-dealkylation sites (N-methyl/N-ethyl adjacent to an activating group) is 1. The molecule has 2 rings (SSSR count). The lowest BCUT2D eigenvalue weighted by Gasteiger charge is -2.24. The zero-order valence-corrected chi connectivity index (χ0v) is 14.4. The highest BCUT2D eigenvalue weighted by Crippen LogP contribution is 2.09. The van der Waals surface area contributed by atoms with Crippen LogP contribution in [-0.4, -0.2) is 42.9 Å². The SMILES string of the molecule is CCN(Cc1ccccc1)C(=O)CNC(=O)C1CCCNC1.Cl. The lowest BCUT2D eigenvalue weighted by atomic mass is 9.99. The van der Waals surface area contributed by atoms with Crippen molar-refractivity contribution in [3.63, 3.8) is 0 Å². The monoisotopic (exact) mass is 339 g/mol. The van der Waals surface area contributed by atoms with Crippen LogP contribution in [0.5, 0.6) is 0 Å². The number of carbonyl (C=O) groups is 2. The van der Waals surface area contributed by atoms with Crippen LogP contribution in [0.2, 0.25) is 0 Å². The summed E-state index contributed by atoms with van der Waals surface area (Å²) in [7, 11) is 0. The molecule has 2 amide bonds. The fourth-order valence-corrected chi connectivity index (χ4v) is 2.67. The number of hydrogen-bond acceptors (Lipinski definition) is 3. The molecule has 1 atom stereocenters. The van der Waals surface area contributed by atoms with Crippen LogP contribution >= 0.6 is 12.4 Å². The Morgan fingerprint density at radius 2 is 2.04 bits per heavy atom. The van der Waals surface area contributed by atoms with Crippen LogP contribution in [0.3, 0.4) is 0 Å². The highest BCUT2D eigenvalue weighted by molar-refractivity contribution is 5.86. The molecular weight excluding hydrogens is 314 g/mol. The van der Waals surface area contributed by atoms with Gasteiger partial charge in [-0.05, 0) is 31.9 Å². The molecule has 0 aliphatic carbocycles. The number of hydrogen-bond donors (Lipinski definition) is 2. The molecule has 0 saturated carbocycles. The van der Waals surface area contributed by atoms with Crippen molar-refractivity contribution in [3.8, 4) is 0 Å². The Bertz CT molecular complexity index is 490. The summed E-state index contributed by atoms with van der Waals surface area (Å²) >= 11 is 0. The molecule has 1 aliphatic rings. The Morgan fingerprint density at radius 3 is 2.65 bits per heavy atom. The summed E-state index contributed by atoms with van der Waals surface area (Å²) in [4.78, 5) is 26.1. The molecule has 1 heterocycles. The standard InChI is InChI=1S/C17H25N3O2.ClH/c1-2-20(13-14-7-4-3-5-8-14)16(21)12-19-17(22)15-9-6-10-18-11-15;/h3-5,7-8,15,18H,2,6,9-13H2,1H3,(H,19,22);1H. The molecule has 1 aromatic rings. The third-order valence-corrected chi connectivity index (χ3v) is 4.03. The van der Waals surface area contributed by atoms with Crippen molar-refractivity contribution in [2.75, 3.05) is 26.2 Å². The number of halogens is 1. The Morgan fingerprint density at radius 1 is 1.30 bits per heavy atom. The lowest BCUT2D eigenvalue weighted by molar-refractivity contribution is -0.134. The Balaban J connectivity index is 0.00000264. The summed E-state index contributed by atoms with van der Waals surface area (Å²) < 4.78 is 0. The van der Waals surface area contributed by atoms with E-state index in [2.05, 4.69) is 10.6 Å². The zero-order chi connectivity index (χ0) is 15.8. The number of rotatable bonds is 6. The predicted octanol–water partition coefficient (Wildman–Crippen LogP) is 1.57. The van der Waals surface area contributed by atoms with Crippen LogP contribution < -0.4 is 10.6 Å². The van der Waals surface area contributed by atoms with Crippen molar-refractivity contribution in [3.05, 3.63) is 35.9 Å². The number of nitrogens with one attached hydrogen (secondary N) is 2. The van der Waals surface area contributed by atoms with E-state index in [9.17, 15) is 9.59 Å². The molecule has 1 saturated heterocycles. The van der Waals surface area contributed by atoms with Crippen LogP contribution in [0.1, 0.15) is 25.3 Å². The first-order chi connectivity index (χ1) is 10.7. The number of piperidine rings is 1. The van der Waals surface area contributed by atoms with E-state index in [4.69, 9.17) is 0 Å². The molecule has 1 unspecified atom stereocenters. The van der Waals surface area contributed by atoms with Gasteiger partial charge in [-0.2, -0.15) is 0 Å². The van der Waals surface area contributed by atoms with E-state index in [0.29, 0.717) is 19.6 Å². The van der Waals surface area contributed by atoms with Gasteiger partial charge in [0.05, 0.1) is 12.5 Å². The van der Waals surface area contributed by atoms with E-state index in [1.165, 1.54) is 0 Å². The van der Waals surface area contributed by atoms with Crippen molar-refractivity contribution < 1.29 is 9.59 Å². The Kier molecular flexibility index (Phi) is 8.66. The van der Waals surface area contributed by atoms with Gasteiger partial charge in [0.25, 0.3) is 0 Å². The summed E-state index contributed by atoms with van der Waals surface area (Å²) in [6.45, 7) is 4.93. The fraction of sp³-hybridized carbons (Fsp3) is 0.529. The first kappa shape index (κ1) is 19.5. The summed E-state index contributed by atoms with van der Waals surface area (Å²) in [5, 5.41) is 6.00. The molecule has 23 heavy (non-hydrogen) atoms. The molecule has 0 spiro atoms. The maximum absolute atomic E-state index is 12.3. The van der Waals surface area contributed by atoms with E-state index in [-0.39, 0.29) is 36.7 Å². The van der Waals surface area contributed by atoms with Gasteiger partial charge in [0.2, 0.25) is 11.8 Å². The topological polar surface area (TPSA) is 61.4 Å². The van der Waals surface area contributed by atoms with Crippen LogP contribution in [0.15, 0.2) is 30.3 Å². The van der Waals surface area contributed by atoms with E-state index in [1.54, 1.807) is 4.90 Å². The second kappa shape index (κ2) is 10.2. The molecule has 5 nitrogen and oxygen atoms in total. The van der Waals surface area contributed by atoms with Gasteiger partial charge in [-0.25, -0.2) is 0 Å². The smallest absolute Gasteiger partial charge is 0.242 e. The Labute approximate surface area is 144 Å². The number of amides is 2. The summed E-state index contributed by atoms with van der Waals surface area (Å²) in [6, 6.07) is 9.89. The van der Waals surface area contributed by atoms with Gasteiger partial charge >= 0.3 is 0 Å². The lowest BCUT2D eigenvalue weighted by Crippen LogP contribution is -2.45. The first-order valence-electron chi connectivity index (χ1n) is 8.01. The van der Waals surface area contributed by atoms with Crippen molar-refractivity contribution in [1.82, 2.24) is 15.5 Å². The highest BCUT2D eigenvalue weighted by Gasteiger charge is 2.22. The fourth-order valence-electron chi connectivity index (χ4n) is 2.67. The molecule has 0 radical (unpaired) electrons. The zero-order valence-electron chi connectivity index (χ0n) is 13.6. The van der Waals surface area contributed by atoms with Gasteiger partial charge < -0.3 is 15.5 Å². The summed E-state index contributed by atoms with van der Waals surface area (Å²) in [6.07, 6.45) is 1.91. The maximum atomic E-state index is 12.3.